The van der Waals surface area contributed by atoms with Gasteiger partial charge in [-0.3, -0.25) is 0 Å². The van der Waals surface area contributed by atoms with Crippen LogP contribution in [0, 0.1) is 6.92 Å². The second-order valence-corrected chi connectivity index (χ2v) is 2.79. The molecule has 1 N–H and O–H groups in total. The molecule has 0 saturated carbocycles. The van der Waals surface area contributed by atoms with Gasteiger partial charge in [-0.05, 0) is 6.92 Å². The summed E-state index contributed by atoms with van der Waals surface area (Å²) in [6, 6.07) is 1.34. The number of nitrogens with zero attached hydrogens (tertiary/aromatic N) is 1. The van der Waals surface area contributed by atoms with Crippen molar-refractivity contribution < 1.29 is 14.6 Å². The lowest BCUT2D eigenvalue weighted by atomic mass is 10.2. The zero-order valence-electron chi connectivity index (χ0n) is 7.17. The van der Waals surface area contributed by atoms with Crippen molar-refractivity contribution in [2.45, 2.75) is 6.92 Å². The molecular weight excluding hydrogens is 194 g/mol. The first-order valence-corrected chi connectivity index (χ1v) is 3.88. The first-order chi connectivity index (χ1) is 6.06. The van der Waals surface area contributed by atoms with Crippen LogP contribution in [0.3, 0.4) is 0 Å². The lowest BCUT2D eigenvalue weighted by molar-refractivity contribution is 0.0690. The summed E-state index contributed by atoms with van der Waals surface area (Å²) in [5, 5.41) is 8.79. The Morgan fingerprint density at radius 2 is 2.31 bits per heavy atom. The Labute approximate surface area is 80.1 Å². The van der Waals surface area contributed by atoms with Gasteiger partial charge in [-0.25, -0.2) is 9.78 Å². The second kappa shape index (κ2) is 3.62. The number of hydrogen-bond donors (Lipinski definition) is 1. The summed E-state index contributed by atoms with van der Waals surface area (Å²) in [5.41, 5.74) is 0.515. The number of ether oxygens (including phenoxy) is 1. The van der Waals surface area contributed by atoms with E-state index in [1.165, 1.54) is 13.2 Å². The molecule has 1 aromatic rings. The summed E-state index contributed by atoms with van der Waals surface area (Å²) in [4.78, 5) is 14.2. The number of pyridine rings is 1. The van der Waals surface area contributed by atoms with Crippen molar-refractivity contribution in [3.05, 3.63) is 22.5 Å². The molecule has 0 fully saturated rings. The molecule has 1 aromatic heterocycles. The van der Waals surface area contributed by atoms with Crippen LogP contribution >= 0.6 is 11.6 Å². The van der Waals surface area contributed by atoms with Crippen LogP contribution in [0.5, 0.6) is 5.75 Å². The third kappa shape index (κ3) is 1.89. The first-order valence-electron chi connectivity index (χ1n) is 3.50. The van der Waals surface area contributed by atoms with Crippen molar-refractivity contribution in [3.8, 4) is 5.75 Å². The number of rotatable bonds is 2. The van der Waals surface area contributed by atoms with Gasteiger partial charge < -0.3 is 9.84 Å². The van der Waals surface area contributed by atoms with Crippen LogP contribution in [0.4, 0.5) is 0 Å². The standard InChI is InChI=1S/C8H8ClNO3/c1-4-6(13-2)3-5(8(11)12)10-7(4)9/h3H,1-2H3,(H,11,12). The van der Waals surface area contributed by atoms with Crippen LogP contribution in [-0.4, -0.2) is 23.2 Å². The first kappa shape index (κ1) is 9.80. The highest BCUT2D eigenvalue weighted by atomic mass is 35.5. The highest BCUT2D eigenvalue weighted by Crippen LogP contribution is 2.24. The third-order valence-corrected chi connectivity index (χ3v) is 1.97. The summed E-state index contributed by atoms with van der Waals surface area (Å²) in [6.45, 7) is 1.71. The smallest absolute Gasteiger partial charge is 0.354 e. The van der Waals surface area contributed by atoms with Crippen molar-refractivity contribution >= 4 is 17.6 Å². The summed E-state index contributed by atoms with van der Waals surface area (Å²) >= 11 is 5.69. The van der Waals surface area contributed by atoms with Crippen molar-refractivity contribution in [3.63, 3.8) is 0 Å². The van der Waals surface area contributed by atoms with E-state index >= 15 is 0 Å². The van der Waals surface area contributed by atoms with Crippen LogP contribution < -0.4 is 4.74 Å². The fourth-order valence-corrected chi connectivity index (χ4v) is 1.06. The Bertz CT molecular complexity index is 351. The molecule has 0 saturated heterocycles. The van der Waals surface area contributed by atoms with Gasteiger partial charge >= 0.3 is 5.97 Å². The third-order valence-electron chi connectivity index (χ3n) is 1.60. The number of halogens is 1. The average molecular weight is 202 g/mol. The fourth-order valence-electron chi connectivity index (χ4n) is 0.878. The molecule has 0 atom stereocenters. The summed E-state index contributed by atoms with van der Waals surface area (Å²) in [7, 11) is 1.45. The van der Waals surface area contributed by atoms with Crippen LogP contribution in [0.25, 0.3) is 0 Å². The highest BCUT2D eigenvalue weighted by molar-refractivity contribution is 6.30. The molecule has 0 aromatic carbocycles. The lowest BCUT2D eigenvalue weighted by Crippen LogP contribution is -2.02. The molecule has 1 rings (SSSR count). The quantitative estimate of drug-likeness (QED) is 0.741. The molecule has 0 aliphatic heterocycles. The SMILES string of the molecule is COc1cc(C(=O)O)nc(Cl)c1C. The minimum atomic E-state index is -1.12. The number of carboxylic acid groups (broad SMARTS) is 1. The Kier molecular flexibility index (Phi) is 2.72. The van der Waals surface area contributed by atoms with Crippen LogP contribution in [0.1, 0.15) is 16.1 Å². The lowest BCUT2D eigenvalue weighted by Gasteiger charge is -2.06. The number of aromatic nitrogens is 1. The monoisotopic (exact) mass is 201 g/mol. The van der Waals surface area contributed by atoms with Crippen LogP contribution in [0.2, 0.25) is 5.15 Å². The number of aromatic carboxylic acids is 1. The van der Waals surface area contributed by atoms with E-state index in [2.05, 4.69) is 4.98 Å². The van der Waals surface area contributed by atoms with Gasteiger partial charge in [0.1, 0.15) is 10.9 Å². The van der Waals surface area contributed by atoms with Gasteiger partial charge in [0.15, 0.2) is 5.69 Å². The molecule has 70 valence electrons. The van der Waals surface area contributed by atoms with Crippen molar-refractivity contribution in [2.24, 2.45) is 0 Å². The fraction of sp³-hybridized carbons (Fsp3) is 0.250. The molecule has 1 heterocycles. The van der Waals surface area contributed by atoms with Gasteiger partial charge in [-0.2, -0.15) is 0 Å². The van der Waals surface area contributed by atoms with Crippen molar-refractivity contribution in [1.82, 2.24) is 4.98 Å². The maximum absolute atomic E-state index is 10.6. The summed E-state index contributed by atoms with van der Waals surface area (Å²) in [5.74, 6) is -0.697. The number of carboxylic acids is 1. The summed E-state index contributed by atoms with van der Waals surface area (Å²) < 4.78 is 4.93. The predicted molar refractivity (Wildman–Crippen MR) is 47.5 cm³/mol. The van der Waals surface area contributed by atoms with E-state index < -0.39 is 5.97 Å². The van der Waals surface area contributed by atoms with E-state index in [4.69, 9.17) is 21.4 Å². The van der Waals surface area contributed by atoms with Gasteiger partial charge in [0, 0.05) is 11.6 Å². The van der Waals surface area contributed by atoms with E-state index in [0.29, 0.717) is 11.3 Å². The van der Waals surface area contributed by atoms with Crippen molar-refractivity contribution in [1.29, 1.82) is 0 Å². The number of methoxy groups -OCH3 is 1. The second-order valence-electron chi connectivity index (χ2n) is 2.43. The van der Waals surface area contributed by atoms with Gasteiger partial charge in [-0.15, -0.1) is 0 Å². The largest absolute Gasteiger partial charge is 0.496 e. The molecule has 0 bridgehead atoms. The van der Waals surface area contributed by atoms with Crippen LogP contribution in [0.15, 0.2) is 6.07 Å². The molecule has 0 aliphatic rings. The van der Waals surface area contributed by atoms with E-state index in [-0.39, 0.29) is 10.8 Å². The Hall–Kier alpha value is -1.29. The molecule has 5 heteroatoms. The number of hydrogen-bond acceptors (Lipinski definition) is 3. The van der Waals surface area contributed by atoms with Gasteiger partial charge in [-0.1, -0.05) is 11.6 Å². The molecule has 0 amide bonds. The zero-order valence-corrected chi connectivity index (χ0v) is 7.92. The normalized spacial score (nSPS) is 9.77. The molecule has 0 radical (unpaired) electrons. The molecular formula is C8H8ClNO3. The Morgan fingerprint density at radius 3 is 2.77 bits per heavy atom. The molecule has 4 nitrogen and oxygen atoms in total. The summed E-state index contributed by atoms with van der Waals surface area (Å²) in [6.07, 6.45) is 0. The molecule has 13 heavy (non-hydrogen) atoms. The van der Waals surface area contributed by atoms with Crippen LogP contribution in [-0.2, 0) is 0 Å². The topological polar surface area (TPSA) is 59.4 Å². The minimum absolute atomic E-state index is 0.118. The Morgan fingerprint density at radius 1 is 1.69 bits per heavy atom. The predicted octanol–water partition coefficient (Wildman–Crippen LogP) is 1.75. The molecule has 0 spiro atoms. The minimum Gasteiger partial charge on any atom is -0.496 e. The van der Waals surface area contributed by atoms with E-state index in [1.807, 2.05) is 0 Å². The maximum atomic E-state index is 10.6. The average Bonchev–Trinajstić information content (AvgIpc) is 2.09. The van der Waals surface area contributed by atoms with E-state index in [1.54, 1.807) is 6.92 Å². The van der Waals surface area contributed by atoms with E-state index in [9.17, 15) is 4.79 Å². The number of carbonyl (C=O) groups is 1. The maximum Gasteiger partial charge on any atom is 0.354 e. The van der Waals surface area contributed by atoms with E-state index in [0.717, 1.165) is 0 Å². The molecule has 0 unspecified atom stereocenters. The Balaban J connectivity index is 3.30. The zero-order chi connectivity index (χ0) is 10.0. The van der Waals surface area contributed by atoms with Crippen molar-refractivity contribution in [2.75, 3.05) is 7.11 Å². The van der Waals surface area contributed by atoms with Gasteiger partial charge in [0.05, 0.1) is 7.11 Å². The van der Waals surface area contributed by atoms with Gasteiger partial charge in [0.2, 0.25) is 0 Å². The van der Waals surface area contributed by atoms with Gasteiger partial charge in [0.25, 0.3) is 0 Å². The molecule has 0 aliphatic carbocycles. The highest BCUT2D eigenvalue weighted by Gasteiger charge is 2.11.